The minimum Gasteiger partial charge on any atom is -0.394 e. The first-order valence-corrected chi connectivity index (χ1v) is 6.29. The smallest absolute Gasteiger partial charge is 0.326 e. The van der Waals surface area contributed by atoms with Crippen molar-refractivity contribution in [3.8, 4) is 0 Å². The van der Waals surface area contributed by atoms with Gasteiger partial charge in [-0.2, -0.15) is 0 Å². The van der Waals surface area contributed by atoms with E-state index in [2.05, 4.69) is 15.9 Å². The number of carbonyl (C=O) groups excluding carboxylic acids is 2. The minimum atomic E-state index is -1.51. The Morgan fingerprint density at radius 1 is 1.47 bits per heavy atom. The highest BCUT2D eigenvalue weighted by Gasteiger charge is 2.51. The Kier molecular flexibility index (Phi) is 3.82. The second-order valence-electron chi connectivity index (χ2n) is 4.48. The first kappa shape index (κ1) is 14.6. The van der Waals surface area contributed by atoms with E-state index in [-0.39, 0.29) is 6.54 Å². The van der Waals surface area contributed by atoms with Crippen LogP contribution in [0, 0.1) is 0 Å². The number of hydrogen-bond donors (Lipinski definition) is 5. The summed E-state index contributed by atoms with van der Waals surface area (Å²) < 4.78 is 3.69. The number of aliphatic hydroxyl groups is 3. The Morgan fingerprint density at radius 2 is 2.11 bits per heavy atom. The zero-order valence-electron chi connectivity index (χ0n) is 9.69. The highest BCUT2D eigenvalue weighted by atomic mass is 79.9. The quantitative estimate of drug-likeness (QED) is 0.266. The van der Waals surface area contributed by atoms with Gasteiger partial charge in [0, 0.05) is 0 Å². The topological polar surface area (TPSA) is 145 Å². The summed E-state index contributed by atoms with van der Waals surface area (Å²) in [5.74, 6) is -0.708. The van der Waals surface area contributed by atoms with Crippen LogP contribution in [0.3, 0.4) is 0 Å². The van der Waals surface area contributed by atoms with E-state index in [0.717, 1.165) is 4.90 Å². The molecule has 0 saturated carbocycles. The summed E-state index contributed by atoms with van der Waals surface area (Å²) >= 11 is 2.96. The van der Waals surface area contributed by atoms with Crippen molar-refractivity contribution in [3.05, 3.63) is 0 Å². The van der Waals surface area contributed by atoms with E-state index in [1.807, 2.05) is 5.32 Å². The van der Waals surface area contributed by atoms with Crippen LogP contribution in [0.25, 0.3) is 0 Å². The normalized spacial score (nSPS) is 43.5. The van der Waals surface area contributed by atoms with Crippen molar-refractivity contribution in [1.29, 1.82) is 0 Å². The van der Waals surface area contributed by atoms with Gasteiger partial charge in [-0.15, -0.1) is 0 Å². The summed E-state index contributed by atoms with van der Waals surface area (Å²) in [6.07, 6.45) is -4.93. The van der Waals surface area contributed by atoms with Crippen molar-refractivity contribution in [3.63, 3.8) is 0 Å². The number of amides is 3. The fourth-order valence-corrected chi connectivity index (χ4v) is 2.38. The fourth-order valence-electron chi connectivity index (χ4n) is 2.01. The van der Waals surface area contributed by atoms with Crippen LogP contribution in [-0.2, 0) is 9.53 Å². The highest BCUT2D eigenvalue weighted by Crippen LogP contribution is 2.28. The van der Waals surface area contributed by atoms with Gasteiger partial charge >= 0.3 is 6.03 Å². The van der Waals surface area contributed by atoms with Crippen molar-refractivity contribution in [1.82, 2.24) is 10.2 Å². The molecule has 3 amide bonds. The van der Waals surface area contributed by atoms with Crippen molar-refractivity contribution in [2.75, 3.05) is 13.2 Å². The first-order chi connectivity index (χ1) is 8.77. The number of hydrogen-bond acceptors (Lipinski definition) is 7. The summed E-state index contributed by atoms with van der Waals surface area (Å²) in [7, 11) is 0. The molecule has 2 saturated heterocycles. The monoisotopic (exact) mass is 339 g/mol. The number of imide groups is 1. The van der Waals surface area contributed by atoms with E-state index in [9.17, 15) is 19.8 Å². The molecule has 2 heterocycles. The molecule has 5 atom stereocenters. The summed E-state index contributed by atoms with van der Waals surface area (Å²) in [6.45, 7) is -0.755. The number of nitrogens with two attached hydrogens (primary N) is 1. The molecule has 0 bridgehead atoms. The molecule has 10 heteroatoms. The third-order valence-electron chi connectivity index (χ3n) is 3.08. The lowest BCUT2D eigenvalue weighted by molar-refractivity contribution is -0.128. The molecular weight excluding hydrogens is 326 g/mol. The van der Waals surface area contributed by atoms with E-state index in [1.54, 1.807) is 0 Å². The Labute approximate surface area is 116 Å². The number of nitrogens with zero attached hydrogens (tertiary/aromatic N) is 1. The standard InChI is InChI=1S/C9H14BrN3O6/c10-9(11)2-13(8(18)12-7(9)17)6-5(16)4(15)3(1-14)19-6/h3-6,14-16H,1-2,11H2,(H,12,17,18)/t3-,4-,5-,6-,9?/m1/s1. The summed E-state index contributed by atoms with van der Waals surface area (Å²) in [5.41, 5.74) is 5.65. The predicted molar refractivity (Wildman–Crippen MR) is 63.9 cm³/mol. The third-order valence-corrected chi connectivity index (χ3v) is 3.69. The van der Waals surface area contributed by atoms with E-state index in [1.165, 1.54) is 0 Å². The molecule has 1 unspecified atom stereocenters. The summed E-state index contributed by atoms with van der Waals surface area (Å²) in [4.78, 5) is 24.1. The van der Waals surface area contributed by atoms with Crippen LogP contribution in [0.4, 0.5) is 4.79 Å². The van der Waals surface area contributed by atoms with Crippen molar-refractivity contribution in [2.45, 2.75) is 29.0 Å². The Bertz CT molecular complexity index is 405. The van der Waals surface area contributed by atoms with Crippen LogP contribution >= 0.6 is 15.9 Å². The third kappa shape index (κ3) is 2.47. The molecule has 6 N–H and O–H groups in total. The number of nitrogens with one attached hydrogen (secondary N) is 1. The summed E-state index contributed by atoms with van der Waals surface area (Å²) in [5, 5.41) is 30.4. The zero-order valence-corrected chi connectivity index (χ0v) is 11.3. The van der Waals surface area contributed by atoms with Gasteiger partial charge in [-0.05, 0) is 0 Å². The van der Waals surface area contributed by atoms with Crippen LogP contribution in [0.2, 0.25) is 0 Å². The van der Waals surface area contributed by atoms with Gasteiger partial charge in [0.2, 0.25) is 0 Å². The lowest BCUT2D eigenvalue weighted by Crippen LogP contribution is -2.68. The fraction of sp³-hybridized carbons (Fsp3) is 0.778. The number of halogens is 1. The van der Waals surface area contributed by atoms with Crippen molar-refractivity contribution in [2.24, 2.45) is 5.73 Å². The molecule has 2 aliphatic heterocycles. The van der Waals surface area contributed by atoms with Gasteiger partial charge in [-0.1, -0.05) is 15.9 Å². The number of carbonyl (C=O) groups is 2. The number of aliphatic hydroxyl groups excluding tert-OH is 3. The largest absolute Gasteiger partial charge is 0.394 e. The average Bonchev–Trinajstić information content (AvgIpc) is 2.61. The molecule has 108 valence electrons. The van der Waals surface area contributed by atoms with Gasteiger partial charge in [-0.3, -0.25) is 15.0 Å². The zero-order chi connectivity index (χ0) is 14.4. The van der Waals surface area contributed by atoms with E-state index < -0.39 is 47.5 Å². The second-order valence-corrected chi connectivity index (χ2v) is 5.89. The molecule has 0 aliphatic carbocycles. The average molecular weight is 340 g/mol. The SMILES string of the molecule is NC1(Br)CN([C@@H]2O[C@H](CO)[C@@H](O)[C@H]2O)C(=O)NC1=O. The number of alkyl halides is 1. The molecule has 2 rings (SSSR count). The number of urea groups is 1. The lowest BCUT2D eigenvalue weighted by Gasteiger charge is -2.38. The maximum absolute atomic E-state index is 11.7. The van der Waals surface area contributed by atoms with Crippen LogP contribution in [0.1, 0.15) is 0 Å². The van der Waals surface area contributed by atoms with Crippen molar-refractivity contribution < 1.29 is 29.6 Å². The van der Waals surface area contributed by atoms with Crippen LogP contribution in [0.5, 0.6) is 0 Å². The predicted octanol–water partition coefficient (Wildman–Crippen LogP) is -2.97. The minimum absolute atomic E-state index is 0.246. The summed E-state index contributed by atoms with van der Waals surface area (Å²) in [6, 6.07) is -0.791. The van der Waals surface area contributed by atoms with Crippen LogP contribution in [-0.4, -0.2) is 74.3 Å². The van der Waals surface area contributed by atoms with Gasteiger partial charge in [0.05, 0.1) is 13.2 Å². The van der Waals surface area contributed by atoms with Crippen molar-refractivity contribution >= 4 is 27.9 Å². The van der Waals surface area contributed by atoms with E-state index in [0.29, 0.717) is 0 Å². The molecule has 0 spiro atoms. The lowest BCUT2D eigenvalue weighted by atomic mass is 10.1. The molecule has 0 aromatic rings. The number of ether oxygens (including phenoxy) is 1. The van der Waals surface area contributed by atoms with E-state index >= 15 is 0 Å². The van der Waals surface area contributed by atoms with Gasteiger partial charge in [0.25, 0.3) is 5.91 Å². The molecular formula is C9H14BrN3O6. The maximum Gasteiger partial charge on any atom is 0.326 e. The van der Waals surface area contributed by atoms with Gasteiger partial charge < -0.3 is 25.8 Å². The van der Waals surface area contributed by atoms with Gasteiger partial charge in [0.15, 0.2) is 10.7 Å². The molecule has 2 aliphatic rings. The molecule has 19 heavy (non-hydrogen) atoms. The van der Waals surface area contributed by atoms with E-state index in [4.69, 9.17) is 15.6 Å². The molecule has 0 aromatic carbocycles. The van der Waals surface area contributed by atoms with Crippen LogP contribution < -0.4 is 11.1 Å². The molecule has 0 aromatic heterocycles. The first-order valence-electron chi connectivity index (χ1n) is 5.50. The second kappa shape index (κ2) is 4.96. The molecule has 9 nitrogen and oxygen atoms in total. The molecule has 0 radical (unpaired) electrons. The van der Waals surface area contributed by atoms with Gasteiger partial charge in [-0.25, -0.2) is 4.79 Å². The Hall–Kier alpha value is -0.780. The van der Waals surface area contributed by atoms with Gasteiger partial charge in [0.1, 0.15) is 18.3 Å². The maximum atomic E-state index is 11.7. The molecule has 2 fully saturated rings. The Morgan fingerprint density at radius 3 is 2.63 bits per heavy atom. The van der Waals surface area contributed by atoms with Crippen LogP contribution in [0.15, 0.2) is 0 Å². The Balaban J connectivity index is 2.18. The highest BCUT2D eigenvalue weighted by molar-refractivity contribution is 9.10. The number of rotatable bonds is 2.